The van der Waals surface area contributed by atoms with Crippen molar-refractivity contribution >= 4 is 15.9 Å². The lowest BCUT2D eigenvalue weighted by Crippen LogP contribution is -1.93. The number of benzene rings is 1. The highest BCUT2D eigenvalue weighted by atomic mass is 79.9. The molecule has 1 aromatic heterocycles. The number of aromatic amines is 1. The van der Waals surface area contributed by atoms with E-state index in [1.54, 1.807) is 0 Å². The minimum absolute atomic E-state index is 0.824. The Morgan fingerprint density at radius 1 is 1.29 bits per heavy atom. The fraction of sp³-hybridized carbons (Fsp3) is 0.222. The van der Waals surface area contributed by atoms with Gasteiger partial charge in [0.05, 0.1) is 0 Å². The average molecular weight is 253 g/mol. The Hall–Kier alpha value is -1.23. The summed E-state index contributed by atoms with van der Waals surface area (Å²) in [4.78, 5) is 0. The third-order valence-electron chi connectivity index (χ3n) is 1.93. The van der Waals surface area contributed by atoms with Crippen LogP contribution >= 0.6 is 15.9 Å². The van der Waals surface area contributed by atoms with E-state index in [9.17, 15) is 0 Å². The van der Waals surface area contributed by atoms with Crippen molar-refractivity contribution in [3.05, 3.63) is 40.1 Å². The fourth-order valence-corrected chi connectivity index (χ4v) is 1.69. The highest BCUT2D eigenvalue weighted by Crippen LogP contribution is 2.12. The van der Waals surface area contributed by atoms with Gasteiger partial charge in [0.15, 0.2) is 0 Å². The van der Waals surface area contributed by atoms with Crippen LogP contribution in [0.1, 0.15) is 11.4 Å². The van der Waals surface area contributed by atoms with Gasteiger partial charge >= 0.3 is 0 Å². The minimum Gasteiger partial charge on any atom is -0.243 e. The summed E-state index contributed by atoms with van der Waals surface area (Å²) < 4.78 is 1.10. The second-order valence-corrected chi connectivity index (χ2v) is 3.89. The number of hydrogen-bond donors (Lipinski definition) is 1. The third-order valence-corrected chi connectivity index (χ3v) is 2.42. The number of hydrogen-bond acceptors (Lipinski definition) is 3. The Labute approximate surface area is 89.9 Å². The molecular formula is C9H9BrN4. The third kappa shape index (κ3) is 2.38. The van der Waals surface area contributed by atoms with Crippen molar-refractivity contribution in [1.29, 1.82) is 0 Å². The van der Waals surface area contributed by atoms with Gasteiger partial charge in [0.2, 0.25) is 0 Å². The second-order valence-electron chi connectivity index (χ2n) is 2.98. The summed E-state index contributed by atoms with van der Waals surface area (Å²) in [5.74, 6) is 0.824. The van der Waals surface area contributed by atoms with Gasteiger partial charge in [-0.15, -0.1) is 5.10 Å². The van der Waals surface area contributed by atoms with Crippen molar-refractivity contribution in [1.82, 2.24) is 20.6 Å². The van der Waals surface area contributed by atoms with E-state index < -0.39 is 0 Å². The molecule has 0 atom stereocenters. The van der Waals surface area contributed by atoms with Crippen LogP contribution in [0.4, 0.5) is 0 Å². The molecule has 1 heterocycles. The van der Waals surface area contributed by atoms with Gasteiger partial charge in [-0.1, -0.05) is 28.1 Å². The molecule has 1 N–H and O–H groups in total. The van der Waals surface area contributed by atoms with Crippen molar-refractivity contribution < 1.29 is 0 Å². The zero-order valence-corrected chi connectivity index (χ0v) is 9.03. The quantitative estimate of drug-likeness (QED) is 0.906. The molecule has 5 heteroatoms. The molecule has 0 saturated carbocycles. The first-order valence-electron chi connectivity index (χ1n) is 4.31. The van der Waals surface area contributed by atoms with Gasteiger partial charge in [0.1, 0.15) is 5.82 Å². The normalized spacial score (nSPS) is 10.4. The number of rotatable bonds is 3. The summed E-state index contributed by atoms with van der Waals surface area (Å²) >= 11 is 3.43. The van der Waals surface area contributed by atoms with Crippen molar-refractivity contribution in [2.24, 2.45) is 0 Å². The molecule has 1 aromatic carbocycles. The number of nitrogens with zero attached hydrogens (tertiary/aromatic N) is 3. The predicted molar refractivity (Wildman–Crippen MR) is 55.7 cm³/mol. The average Bonchev–Trinajstić information content (AvgIpc) is 2.67. The smallest absolute Gasteiger partial charge is 0.148 e. The summed E-state index contributed by atoms with van der Waals surface area (Å²) in [6.45, 7) is 0. The highest BCUT2D eigenvalue weighted by Gasteiger charge is 1.98. The van der Waals surface area contributed by atoms with Crippen molar-refractivity contribution in [3.8, 4) is 0 Å². The first-order valence-corrected chi connectivity index (χ1v) is 5.11. The Morgan fingerprint density at radius 2 is 2.21 bits per heavy atom. The van der Waals surface area contributed by atoms with E-state index in [1.165, 1.54) is 5.56 Å². The lowest BCUT2D eigenvalue weighted by molar-refractivity contribution is 0.864. The number of tetrazole rings is 1. The summed E-state index contributed by atoms with van der Waals surface area (Å²) in [6, 6.07) is 8.23. The fourth-order valence-electron chi connectivity index (χ4n) is 1.24. The minimum atomic E-state index is 0.824. The van der Waals surface area contributed by atoms with Crippen LogP contribution in [0.3, 0.4) is 0 Å². The van der Waals surface area contributed by atoms with Crippen LogP contribution in [0.25, 0.3) is 0 Å². The van der Waals surface area contributed by atoms with Gasteiger partial charge in [-0.05, 0) is 34.5 Å². The molecule has 0 aliphatic heterocycles. The molecule has 72 valence electrons. The number of aromatic nitrogens is 4. The zero-order valence-electron chi connectivity index (χ0n) is 7.44. The first kappa shape index (κ1) is 9.33. The lowest BCUT2D eigenvalue weighted by atomic mass is 10.1. The SMILES string of the molecule is Brc1cccc(CCc2nnn[nH]2)c1. The first-order chi connectivity index (χ1) is 6.84. The molecule has 14 heavy (non-hydrogen) atoms. The molecule has 0 spiro atoms. The molecular weight excluding hydrogens is 244 g/mol. The van der Waals surface area contributed by atoms with Crippen LogP contribution < -0.4 is 0 Å². The maximum Gasteiger partial charge on any atom is 0.148 e. The molecule has 0 bridgehead atoms. The highest BCUT2D eigenvalue weighted by molar-refractivity contribution is 9.10. The topological polar surface area (TPSA) is 54.5 Å². The molecule has 4 nitrogen and oxygen atoms in total. The van der Waals surface area contributed by atoms with Crippen molar-refractivity contribution in [2.45, 2.75) is 12.8 Å². The Kier molecular flexibility index (Phi) is 2.88. The second kappa shape index (κ2) is 4.32. The molecule has 2 rings (SSSR count). The number of H-pyrrole nitrogens is 1. The molecule has 0 fully saturated rings. The van der Waals surface area contributed by atoms with E-state index in [1.807, 2.05) is 12.1 Å². The molecule has 0 aliphatic carbocycles. The van der Waals surface area contributed by atoms with E-state index >= 15 is 0 Å². The van der Waals surface area contributed by atoms with E-state index in [2.05, 4.69) is 48.7 Å². The Bertz CT molecular complexity index is 399. The van der Waals surface area contributed by atoms with Crippen molar-refractivity contribution in [2.75, 3.05) is 0 Å². The van der Waals surface area contributed by atoms with Gasteiger partial charge in [-0.2, -0.15) is 0 Å². The molecule has 0 amide bonds. The van der Waals surface area contributed by atoms with E-state index in [-0.39, 0.29) is 0 Å². The predicted octanol–water partition coefficient (Wildman–Crippen LogP) is 1.75. The van der Waals surface area contributed by atoms with Gasteiger partial charge < -0.3 is 0 Å². The van der Waals surface area contributed by atoms with Crippen LogP contribution in [-0.2, 0) is 12.8 Å². The van der Waals surface area contributed by atoms with E-state index in [4.69, 9.17) is 0 Å². The van der Waals surface area contributed by atoms with Crippen LogP contribution in [-0.4, -0.2) is 20.6 Å². The number of aryl methyl sites for hydroxylation is 2. The largest absolute Gasteiger partial charge is 0.243 e. The Balaban J connectivity index is 1.98. The van der Waals surface area contributed by atoms with Crippen LogP contribution in [0.5, 0.6) is 0 Å². The molecule has 2 aromatic rings. The maximum absolute atomic E-state index is 3.83. The van der Waals surface area contributed by atoms with Gasteiger partial charge in [0, 0.05) is 10.9 Å². The molecule has 0 saturated heterocycles. The summed E-state index contributed by atoms with van der Waals surface area (Å²) in [5.41, 5.74) is 1.27. The number of nitrogens with one attached hydrogen (secondary N) is 1. The van der Waals surface area contributed by atoms with Crippen LogP contribution in [0, 0.1) is 0 Å². The van der Waals surface area contributed by atoms with E-state index in [0.717, 1.165) is 23.1 Å². The van der Waals surface area contributed by atoms with Crippen LogP contribution in [0.2, 0.25) is 0 Å². The Morgan fingerprint density at radius 3 is 2.93 bits per heavy atom. The van der Waals surface area contributed by atoms with Crippen LogP contribution in [0.15, 0.2) is 28.7 Å². The molecule has 0 unspecified atom stereocenters. The molecule has 0 aliphatic rings. The van der Waals surface area contributed by atoms with Gasteiger partial charge in [0.25, 0.3) is 0 Å². The summed E-state index contributed by atoms with van der Waals surface area (Å²) in [7, 11) is 0. The van der Waals surface area contributed by atoms with Gasteiger partial charge in [-0.25, -0.2) is 5.10 Å². The standard InChI is InChI=1S/C9H9BrN4/c10-8-3-1-2-7(6-8)4-5-9-11-13-14-12-9/h1-3,6H,4-5H2,(H,11,12,13,14). The summed E-state index contributed by atoms with van der Waals surface area (Å²) in [6.07, 6.45) is 1.78. The number of halogens is 1. The monoisotopic (exact) mass is 252 g/mol. The lowest BCUT2D eigenvalue weighted by Gasteiger charge is -1.98. The zero-order chi connectivity index (χ0) is 9.80. The van der Waals surface area contributed by atoms with Crippen molar-refractivity contribution in [3.63, 3.8) is 0 Å². The molecule has 0 radical (unpaired) electrons. The maximum atomic E-state index is 3.83. The van der Waals surface area contributed by atoms with Gasteiger partial charge in [-0.3, -0.25) is 0 Å². The summed E-state index contributed by atoms with van der Waals surface area (Å²) in [5, 5.41) is 13.6. The van der Waals surface area contributed by atoms with E-state index in [0.29, 0.717) is 0 Å².